The Kier molecular flexibility index (Phi) is 5.04. The van der Waals surface area contributed by atoms with Crippen molar-refractivity contribution in [1.82, 2.24) is 9.88 Å². The van der Waals surface area contributed by atoms with Crippen LogP contribution in [0.25, 0.3) is 0 Å². The van der Waals surface area contributed by atoms with Crippen LogP contribution in [0.3, 0.4) is 0 Å². The Morgan fingerprint density at radius 3 is 2.64 bits per heavy atom. The normalized spacial score (nSPS) is 19.9. The van der Waals surface area contributed by atoms with Crippen molar-refractivity contribution >= 4 is 11.6 Å². The summed E-state index contributed by atoms with van der Waals surface area (Å²) in [6, 6.07) is 7.87. The molecule has 6 nitrogen and oxygen atoms in total. The molecule has 1 fully saturated rings. The van der Waals surface area contributed by atoms with E-state index in [2.05, 4.69) is 30.7 Å². The van der Waals surface area contributed by atoms with Gasteiger partial charge in [-0.25, -0.2) is 4.98 Å². The number of benzene rings is 1. The van der Waals surface area contributed by atoms with Gasteiger partial charge >= 0.3 is 0 Å². The minimum atomic E-state index is -0.495. The van der Waals surface area contributed by atoms with Gasteiger partial charge in [-0.1, -0.05) is 32.9 Å². The summed E-state index contributed by atoms with van der Waals surface area (Å²) in [6.07, 6.45) is 4.66. The van der Waals surface area contributed by atoms with Crippen LogP contribution < -0.4 is 9.64 Å². The quantitative estimate of drug-likeness (QED) is 0.808. The molecule has 0 spiro atoms. The summed E-state index contributed by atoms with van der Waals surface area (Å²) >= 11 is 0. The number of carbonyl (C=O) groups is 1. The van der Waals surface area contributed by atoms with Gasteiger partial charge in [0.05, 0.1) is 25.0 Å². The maximum atomic E-state index is 13.0. The number of hydrogen-bond acceptors (Lipinski definition) is 5. The van der Waals surface area contributed by atoms with Crippen LogP contribution in [0.1, 0.15) is 51.7 Å². The number of likely N-dealkylation sites (tertiary alicyclic amines) is 1. The van der Waals surface area contributed by atoms with E-state index in [-0.39, 0.29) is 11.3 Å². The van der Waals surface area contributed by atoms with Crippen molar-refractivity contribution in [3.05, 3.63) is 42.1 Å². The number of oxazole rings is 1. The van der Waals surface area contributed by atoms with Crippen LogP contribution in [0.2, 0.25) is 0 Å². The van der Waals surface area contributed by atoms with Gasteiger partial charge in [0.2, 0.25) is 5.89 Å². The Bertz CT molecular complexity index is 834. The van der Waals surface area contributed by atoms with Crippen LogP contribution in [-0.4, -0.2) is 41.5 Å². The molecule has 1 unspecified atom stereocenters. The number of para-hydroxylation sites is 2. The second-order valence-electron chi connectivity index (χ2n) is 8.71. The fourth-order valence-corrected chi connectivity index (χ4v) is 3.80. The maximum absolute atomic E-state index is 13.0. The third kappa shape index (κ3) is 3.86. The Morgan fingerprint density at radius 1 is 1.18 bits per heavy atom. The largest absolute Gasteiger partial charge is 0.477 e. The van der Waals surface area contributed by atoms with E-state index in [1.807, 2.05) is 29.2 Å². The maximum Gasteiger partial charge on any atom is 0.265 e. The Morgan fingerprint density at radius 2 is 1.93 bits per heavy atom. The SMILES string of the molecule is CC(C)(C)c1cnc(CN2CC(C(=O)N3CCCCC3)Oc3ccccc32)o1. The molecule has 150 valence electrons. The molecule has 0 saturated carbocycles. The molecule has 0 bridgehead atoms. The predicted octanol–water partition coefficient (Wildman–Crippen LogP) is 3.75. The first-order valence-electron chi connectivity index (χ1n) is 10.2. The van der Waals surface area contributed by atoms with Crippen molar-refractivity contribution < 1.29 is 13.9 Å². The molecule has 0 N–H and O–H groups in total. The lowest BCUT2D eigenvalue weighted by atomic mass is 9.94. The Labute approximate surface area is 166 Å². The van der Waals surface area contributed by atoms with Crippen molar-refractivity contribution in [3.8, 4) is 5.75 Å². The summed E-state index contributed by atoms with van der Waals surface area (Å²) < 4.78 is 12.1. The van der Waals surface area contributed by atoms with E-state index in [0.717, 1.165) is 43.1 Å². The first kappa shape index (κ1) is 18.8. The van der Waals surface area contributed by atoms with Crippen LogP contribution in [0.4, 0.5) is 5.69 Å². The van der Waals surface area contributed by atoms with Crippen LogP contribution in [0.15, 0.2) is 34.9 Å². The molecule has 3 heterocycles. The van der Waals surface area contributed by atoms with Crippen LogP contribution in [-0.2, 0) is 16.8 Å². The average molecular weight is 383 g/mol. The number of rotatable bonds is 3. The fraction of sp³-hybridized carbons (Fsp3) is 0.545. The van der Waals surface area contributed by atoms with Gasteiger partial charge < -0.3 is 19.0 Å². The van der Waals surface area contributed by atoms with E-state index >= 15 is 0 Å². The molecular formula is C22H29N3O3. The summed E-state index contributed by atoms with van der Waals surface area (Å²) in [6.45, 7) is 8.99. The average Bonchev–Trinajstić information content (AvgIpc) is 3.17. The molecule has 6 heteroatoms. The summed E-state index contributed by atoms with van der Waals surface area (Å²) in [5, 5.41) is 0. The predicted molar refractivity (Wildman–Crippen MR) is 108 cm³/mol. The molecular weight excluding hydrogens is 354 g/mol. The highest BCUT2D eigenvalue weighted by atomic mass is 16.5. The number of amides is 1. The molecule has 4 rings (SSSR count). The second-order valence-corrected chi connectivity index (χ2v) is 8.71. The standard InChI is InChI=1S/C22H29N3O3/c1-22(2,3)19-13-23-20(28-19)15-25-14-18(21(26)24-11-7-4-8-12-24)27-17-10-6-5-9-16(17)25/h5-6,9-10,13,18H,4,7-8,11-12,14-15H2,1-3H3. The fourth-order valence-electron chi connectivity index (χ4n) is 3.80. The van der Waals surface area contributed by atoms with E-state index < -0.39 is 6.10 Å². The molecule has 2 aliphatic heterocycles. The molecule has 1 saturated heterocycles. The van der Waals surface area contributed by atoms with Gasteiger partial charge in [0, 0.05) is 18.5 Å². The van der Waals surface area contributed by atoms with E-state index in [0.29, 0.717) is 19.0 Å². The number of hydrogen-bond donors (Lipinski definition) is 0. The summed E-state index contributed by atoms with van der Waals surface area (Å²) in [5.41, 5.74) is 0.890. The highest BCUT2D eigenvalue weighted by Gasteiger charge is 2.34. The third-order valence-corrected chi connectivity index (χ3v) is 5.42. The van der Waals surface area contributed by atoms with Crippen LogP contribution >= 0.6 is 0 Å². The molecule has 1 aromatic heterocycles. The van der Waals surface area contributed by atoms with Crippen molar-refractivity contribution in [2.24, 2.45) is 0 Å². The lowest BCUT2D eigenvalue weighted by molar-refractivity contribution is -0.139. The van der Waals surface area contributed by atoms with Crippen molar-refractivity contribution in [1.29, 1.82) is 0 Å². The number of piperidine rings is 1. The number of fused-ring (bicyclic) bond motifs is 1. The minimum absolute atomic E-state index is 0.0824. The second kappa shape index (κ2) is 7.49. The first-order chi connectivity index (χ1) is 13.4. The molecule has 1 aromatic carbocycles. The summed E-state index contributed by atoms with van der Waals surface area (Å²) in [4.78, 5) is 21.6. The number of anilines is 1. The molecule has 28 heavy (non-hydrogen) atoms. The van der Waals surface area contributed by atoms with Gasteiger partial charge in [-0.15, -0.1) is 0 Å². The van der Waals surface area contributed by atoms with Crippen molar-refractivity contribution in [3.63, 3.8) is 0 Å². The van der Waals surface area contributed by atoms with E-state index in [1.54, 1.807) is 6.20 Å². The van der Waals surface area contributed by atoms with E-state index in [9.17, 15) is 4.79 Å². The van der Waals surface area contributed by atoms with Crippen LogP contribution in [0, 0.1) is 0 Å². The smallest absolute Gasteiger partial charge is 0.265 e. The van der Waals surface area contributed by atoms with Gasteiger partial charge in [-0.05, 0) is 31.4 Å². The third-order valence-electron chi connectivity index (χ3n) is 5.42. The molecule has 0 aliphatic carbocycles. The molecule has 1 amide bonds. The highest BCUT2D eigenvalue weighted by molar-refractivity contribution is 5.83. The van der Waals surface area contributed by atoms with E-state index in [4.69, 9.17) is 9.15 Å². The van der Waals surface area contributed by atoms with Gasteiger partial charge in [0.25, 0.3) is 5.91 Å². The molecule has 2 aliphatic rings. The van der Waals surface area contributed by atoms with Gasteiger partial charge in [-0.3, -0.25) is 4.79 Å². The topological polar surface area (TPSA) is 58.8 Å². The summed E-state index contributed by atoms with van der Waals surface area (Å²) in [7, 11) is 0. The van der Waals surface area contributed by atoms with E-state index in [1.165, 1.54) is 6.42 Å². The van der Waals surface area contributed by atoms with Gasteiger partial charge in [0.15, 0.2) is 6.10 Å². The number of aromatic nitrogens is 1. The molecule has 0 radical (unpaired) electrons. The van der Waals surface area contributed by atoms with Crippen molar-refractivity contribution in [2.75, 3.05) is 24.5 Å². The Hall–Kier alpha value is -2.50. The lowest BCUT2D eigenvalue weighted by Crippen LogP contribution is -2.51. The zero-order valence-electron chi connectivity index (χ0n) is 17.0. The molecule has 2 aromatic rings. The molecule has 1 atom stereocenters. The minimum Gasteiger partial charge on any atom is -0.477 e. The zero-order valence-corrected chi connectivity index (χ0v) is 17.0. The van der Waals surface area contributed by atoms with Crippen LogP contribution in [0.5, 0.6) is 5.75 Å². The number of carbonyl (C=O) groups excluding carboxylic acids is 1. The lowest BCUT2D eigenvalue weighted by Gasteiger charge is -2.37. The number of nitrogens with zero attached hydrogens (tertiary/aromatic N) is 3. The Balaban J connectivity index is 1.55. The van der Waals surface area contributed by atoms with Gasteiger partial charge in [0.1, 0.15) is 11.5 Å². The zero-order chi connectivity index (χ0) is 19.7. The monoisotopic (exact) mass is 383 g/mol. The first-order valence-corrected chi connectivity index (χ1v) is 10.2. The summed E-state index contributed by atoms with van der Waals surface area (Å²) in [5.74, 6) is 2.35. The number of ether oxygens (including phenoxy) is 1. The van der Waals surface area contributed by atoms with Crippen molar-refractivity contribution in [2.45, 2.75) is 58.1 Å². The highest BCUT2D eigenvalue weighted by Crippen LogP contribution is 2.35. The van der Waals surface area contributed by atoms with Gasteiger partial charge in [-0.2, -0.15) is 0 Å².